The van der Waals surface area contributed by atoms with Gasteiger partial charge in [-0.05, 0) is 89.3 Å². The maximum absolute atomic E-state index is 13.2. The normalized spacial score (nSPS) is 14.3. The fourth-order valence-corrected chi connectivity index (χ4v) is 5.33. The first-order chi connectivity index (χ1) is 18.1. The number of hydrogen-bond donors (Lipinski definition) is 0. The third-order valence-electron chi connectivity index (χ3n) is 7.45. The molecule has 4 nitrogen and oxygen atoms in total. The fourth-order valence-electron chi connectivity index (χ4n) is 5.33. The third kappa shape index (κ3) is 6.03. The lowest BCUT2D eigenvalue weighted by molar-refractivity contribution is 0.0785. The number of amides is 1. The Hall–Kier alpha value is -3.63. The van der Waals surface area contributed by atoms with Crippen molar-refractivity contribution in [3.05, 3.63) is 102 Å². The molecular weight excluding hydrogens is 456 g/mol. The van der Waals surface area contributed by atoms with Gasteiger partial charge in [-0.25, -0.2) is 0 Å². The highest BCUT2D eigenvalue weighted by Crippen LogP contribution is 2.25. The highest BCUT2D eigenvalue weighted by molar-refractivity contribution is 5.95. The number of ether oxygens (including phenoxy) is 1. The van der Waals surface area contributed by atoms with Gasteiger partial charge in [0.2, 0.25) is 0 Å². The number of benzene rings is 4. The monoisotopic (exact) mass is 492 g/mol. The minimum atomic E-state index is 0.0241. The van der Waals surface area contributed by atoms with Crippen LogP contribution in [0.2, 0.25) is 0 Å². The molecule has 1 saturated heterocycles. The summed E-state index contributed by atoms with van der Waals surface area (Å²) in [7, 11) is 3.55. The Bertz CT molecular complexity index is 1340. The van der Waals surface area contributed by atoms with Crippen LogP contribution in [0.25, 0.3) is 21.9 Å². The number of likely N-dealkylation sites (tertiary alicyclic amines) is 1. The standard InChI is InChI=1S/C33H36N2O2/c1-34(33(36)28-13-11-26(12-14-28)27-15-17-31(37-2)18-16-27)24-30-9-7-8-29-22-25(10-19-32(29)30)23-35-20-5-3-4-6-21-35/h7-19,22H,3-6,20-21,23-24H2,1-2H3. The minimum Gasteiger partial charge on any atom is -0.497 e. The van der Waals surface area contributed by atoms with Crippen molar-refractivity contribution in [2.45, 2.75) is 38.8 Å². The van der Waals surface area contributed by atoms with Gasteiger partial charge in [-0.3, -0.25) is 9.69 Å². The van der Waals surface area contributed by atoms with Gasteiger partial charge in [-0.1, -0.05) is 67.4 Å². The molecule has 1 fully saturated rings. The van der Waals surface area contributed by atoms with Gasteiger partial charge >= 0.3 is 0 Å². The molecule has 0 aromatic heterocycles. The fraction of sp³-hybridized carbons (Fsp3) is 0.303. The molecule has 1 aliphatic rings. The molecule has 0 atom stereocenters. The van der Waals surface area contributed by atoms with Crippen LogP contribution < -0.4 is 4.74 Å². The molecule has 4 aromatic carbocycles. The van der Waals surface area contributed by atoms with E-state index in [0.717, 1.165) is 23.4 Å². The maximum Gasteiger partial charge on any atom is 0.253 e. The Kier molecular flexibility index (Phi) is 7.86. The van der Waals surface area contributed by atoms with E-state index in [1.54, 1.807) is 7.11 Å². The van der Waals surface area contributed by atoms with Crippen LogP contribution in [0.4, 0.5) is 0 Å². The van der Waals surface area contributed by atoms with Crippen LogP contribution in [-0.4, -0.2) is 43.0 Å². The van der Waals surface area contributed by atoms with Crippen LogP contribution in [0.3, 0.4) is 0 Å². The van der Waals surface area contributed by atoms with Crippen LogP contribution in [0.1, 0.15) is 47.2 Å². The van der Waals surface area contributed by atoms with Crippen molar-refractivity contribution >= 4 is 16.7 Å². The summed E-state index contributed by atoms with van der Waals surface area (Å²) in [5.74, 6) is 0.857. The van der Waals surface area contributed by atoms with Crippen molar-refractivity contribution in [3.8, 4) is 16.9 Å². The molecule has 0 spiro atoms. The SMILES string of the molecule is COc1ccc(-c2ccc(C(=O)N(C)Cc3cccc4cc(CN5CCCCCC5)ccc34)cc2)cc1. The molecular formula is C33H36N2O2. The summed E-state index contributed by atoms with van der Waals surface area (Å²) >= 11 is 0. The van der Waals surface area contributed by atoms with Crippen molar-refractivity contribution < 1.29 is 9.53 Å². The number of carbonyl (C=O) groups excluding carboxylic acids is 1. The van der Waals surface area contributed by atoms with Gasteiger partial charge in [0.1, 0.15) is 5.75 Å². The van der Waals surface area contributed by atoms with Crippen LogP contribution in [0.15, 0.2) is 84.9 Å². The molecule has 0 N–H and O–H groups in total. The summed E-state index contributed by atoms with van der Waals surface area (Å²) in [6, 6.07) is 29.0. The molecule has 4 aromatic rings. The van der Waals surface area contributed by atoms with Crippen molar-refractivity contribution in [2.24, 2.45) is 0 Å². The highest BCUT2D eigenvalue weighted by atomic mass is 16.5. The summed E-state index contributed by atoms with van der Waals surface area (Å²) < 4.78 is 5.25. The first-order valence-electron chi connectivity index (χ1n) is 13.3. The van der Waals surface area contributed by atoms with Crippen molar-refractivity contribution in [3.63, 3.8) is 0 Å². The van der Waals surface area contributed by atoms with Crippen LogP contribution in [0.5, 0.6) is 5.75 Å². The molecule has 4 heteroatoms. The van der Waals surface area contributed by atoms with Gasteiger partial charge < -0.3 is 9.64 Å². The smallest absolute Gasteiger partial charge is 0.253 e. The van der Waals surface area contributed by atoms with Gasteiger partial charge in [0.25, 0.3) is 5.91 Å². The molecule has 0 radical (unpaired) electrons. The van der Waals surface area contributed by atoms with Crippen LogP contribution in [0, 0.1) is 0 Å². The van der Waals surface area contributed by atoms with E-state index in [9.17, 15) is 4.79 Å². The summed E-state index contributed by atoms with van der Waals surface area (Å²) in [6.45, 7) is 3.99. The molecule has 1 aliphatic heterocycles. The molecule has 190 valence electrons. The molecule has 5 rings (SSSR count). The number of rotatable bonds is 7. The van der Waals surface area contributed by atoms with E-state index in [1.165, 1.54) is 60.7 Å². The topological polar surface area (TPSA) is 32.8 Å². The average Bonchev–Trinajstić information content (AvgIpc) is 3.21. The number of hydrogen-bond acceptors (Lipinski definition) is 3. The average molecular weight is 493 g/mol. The largest absolute Gasteiger partial charge is 0.497 e. The Labute approximate surface area is 220 Å². The van der Waals surface area contributed by atoms with E-state index in [1.807, 2.05) is 60.5 Å². The molecule has 0 aliphatic carbocycles. The molecule has 1 heterocycles. The van der Waals surface area contributed by atoms with Crippen molar-refractivity contribution in [1.29, 1.82) is 0 Å². The van der Waals surface area contributed by atoms with Crippen molar-refractivity contribution in [1.82, 2.24) is 9.80 Å². The molecule has 0 unspecified atom stereocenters. The molecule has 1 amide bonds. The zero-order valence-electron chi connectivity index (χ0n) is 22.0. The Morgan fingerprint density at radius 3 is 2.19 bits per heavy atom. The number of nitrogens with zero attached hydrogens (tertiary/aromatic N) is 2. The van der Waals surface area contributed by atoms with E-state index in [2.05, 4.69) is 41.3 Å². The molecule has 0 bridgehead atoms. The van der Waals surface area contributed by atoms with Gasteiger partial charge in [0.05, 0.1) is 7.11 Å². The third-order valence-corrected chi connectivity index (χ3v) is 7.45. The predicted octanol–water partition coefficient (Wildman–Crippen LogP) is 7.16. The van der Waals surface area contributed by atoms with Gasteiger partial charge in [-0.2, -0.15) is 0 Å². The second-order valence-corrected chi connectivity index (χ2v) is 10.1. The molecule has 37 heavy (non-hydrogen) atoms. The molecule has 0 saturated carbocycles. The summed E-state index contributed by atoms with van der Waals surface area (Å²) in [6.07, 6.45) is 5.33. The predicted molar refractivity (Wildman–Crippen MR) is 152 cm³/mol. The first-order valence-corrected chi connectivity index (χ1v) is 13.3. The summed E-state index contributed by atoms with van der Waals surface area (Å²) in [5, 5.41) is 2.46. The summed E-state index contributed by atoms with van der Waals surface area (Å²) in [5.41, 5.74) is 5.41. The number of methoxy groups -OCH3 is 1. The number of carbonyl (C=O) groups is 1. The Morgan fingerprint density at radius 1 is 0.838 bits per heavy atom. The lowest BCUT2D eigenvalue weighted by Crippen LogP contribution is -2.26. The van der Waals surface area contributed by atoms with Gasteiger partial charge in [0.15, 0.2) is 0 Å². The van der Waals surface area contributed by atoms with Gasteiger partial charge in [-0.15, -0.1) is 0 Å². The Balaban J connectivity index is 1.27. The minimum absolute atomic E-state index is 0.0241. The summed E-state index contributed by atoms with van der Waals surface area (Å²) in [4.78, 5) is 17.6. The van der Waals surface area contributed by atoms with E-state index in [0.29, 0.717) is 12.1 Å². The second-order valence-electron chi connectivity index (χ2n) is 10.1. The first kappa shape index (κ1) is 25.0. The van der Waals surface area contributed by atoms with E-state index in [-0.39, 0.29) is 5.91 Å². The second kappa shape index (κ2) is 11.6. The van der Waals surface area contributed by atoms with Crippen molar-refractivity contribution in [2.75, 3.05) is 27.2 Å². The Morgan fingerprint density at radius 2 is 1.51 bits per heavy atom. The zero-order valence-corrected chi connectivity index (χ0v) is 22.0. The van der Waals surface area contributed by atoms with E-state index in [4.69, 9.17) is 4.74 Å². The lowest BCUT2D eigenvalue weighted by Gasteiger charge is -2.21. The number of fused-ring (bicyclic) bond motifs is 1. The van der Waals surface area contributed by atoms with Crippen LogP contribution >= 0.6 is 0 Å². The lowest BCUT2D eigenvalue weighted by atomic mass is 10.0. The van der Waals surface area contributed by atoms with Crippen LogP contribution in [-0.2, 0) is 13.1 Å². The maximum atomic E-state index is 13.2. The quantitative estimate of drug-likeness (QED) is 0.274. The van der Waals surface area contributed by atoms with Gasteiger partial charge in [0, 0.05) is 25.7 Å². The van der Waals surface area contributed by atoms with E-state index >= 15 is 0 Å². The zero-order chi connectivity index (χ0) is 25.6. The highest BCUT2D eigenvalue weighted by Gasteiger charge is 2.15. The van der Waals surface area contributed by atoms with E-state index < -0.39 is 0 Å².